The third-order valence-electron chi connectivity index (χ3n) is 3.36. The van der Waals surface area contributed by atoms with Gasteiger partial charge in [-0.2, -0.15) is 0 Å². The van der Waals surface area contributed by atoms with E-state index in [1.807, 2.05) is 0 Å². The predicted octanol–water partition coefficient (Wildman–Crippen LogP) is 0.346. The number of carbonyl (C=O) groups excluding carboxylic acids is 1. The third-order valence-corrected chi connectivity index (χ3v) is 3.36. The van der Waals surface area contributed by atoms with Crippen LogP contribution in [0.3, 0.4) is 0 Å². The lowest BCUT2D eigenvalue weighted by Gasteiger charge is -2.32. The molecule has 2 fully saturated rings. The van der Waals surface area contributed by atoms with Gasteiger partial charge in [0.05, 0.1) is 18.4 Å². The molecule has 90 valence electrons. The molecule has 2 aliphatic rings. The quantitative estimate of drug-likeness (QED) is 0.739. The van der Waals surface area contributed by atoms with E-state index in [2.05, 4.69) is 0 Å². The first-order valence-corrected chi connectivity index (χ1v) is 5.78. The molecule has 2 aliphatic heterocycles. The number of hydrogen-bond acceptors (Lipinski definition) is 3. The van der Waals surface area contributed by atoms with Crippen molar-refractivity contribution in [3.63, 3.8) is 0 Å². The van der Waals surface area contributed by atoms with E-state index in [4.69, 9.17) is 9.84 Å². The molecule has 0 aromatic rings. The summed E-state index contributed by atoms with van der Waals surface area (Å²) in [5, 5.41) is 8.94. The van der Waals surface area contributed by atoms with Crippen LogP contribution in [0.1, 0.15) is 19.3 Å². The first-order chi connectivity index (χ1) is 7.68. The maximum absolute atomic E-state index is 12.0. The summed E-state index contributed by atoms with van der Waals surface area (Å²) in [6.07, 6.45) is 2.24. The maximum atomic E-state index is 12.0. The largest absolute Gasteiger partial charge is 0.481 e. The van der Waals surface area contributed by atoms with Crippen molar-refractivity contribution in [3.05, 3.63) is 0 Å². The Balaban J connectivity index is 1.93. The first-order valence-electron chi connectivity index (χ1n) is 5.78. The van der Waals surface area contributed by atoms with Crippen molar-refractivity contribution >= 4 is 11.9 Å². The Kier molecular flexibility index (Phi) is 3.43. The molecular formula is C11H17NO4. The number of carboxylic acid groups (broad SMARTS) is 1. The van der Waals surface area contributed by atoms with Gasteiger partial charge in [0, 0.05) is 19.7 Å². The number of hydrogen-bond donors (Lipinski definition) is 1. The van der Waals surface area contributed by atoms with E-state index in [1.165, 1.54) is 0 Å². The number of aliphatic carboxylic acids is 1. The van der Waals surface area contributed by atoms with Crippen LogP contribution in [-0.4, -0.2) is 48.2 Å². The molecule has 2 heterocycles. The van der Waals surface area contributed by atoms with Crippen molar-refractivity contribution in [2.24, 2.45) is 11.8 Å². The minimum Gasteiger partial charge on any atom is -0.481 e. The molecule has 2 rings (SSSR count). The van der Waals surface area contributed by atoms with E-state index < -0.39 is 5.97 Å². The SMILES string of the molecule is O=C(O)C1CCCN(C(=O)C2CCOC2)C1. The van der Waals surface area contributed by atoms with E-state index in [9.17, 15) is 9.59 Å². The number of nitrogens with zero attached hydrogens (tertiary/aromatic N) is 1. The highest BCUT2D eigenvalue weighted by atomic mass is 16.5. The Labute approximate surface area is 94.4 Å². The molecule has 0 aromatic carbocycles. The number of likely N-dealkylation sites (tertiary alicyclic amines) is 1. The van der Waals surface area contributed by atoms with Crippen LogP contribution < -0.4 is 0 Å². The van der Waals surface area contributed by atoms with Crippen molar-refractivity contribution in [1.82, 2.24) is 4.90 Å². The summed E-state index contributed by atoms with van der Waals surface area (Å²) in [6, 6.07) is 0. The van der Waals surface area contributed by atoms with Crippen molar-refractivity contribution in [3.8, 4) is 0 Å². The normalized spacial score (nSPS) is 30.4. The summed E-state index contributed by atoms with van der Waals surface area (Å²) in [5.74, 6) is -1.16. The summed E-state index contributed by atoms with van der Waals surface area (Å²) in [5.41, 5.74) is 0. The molecule has 5 heteroatoms. The lowest BCUT2D eigenvalue weighted by Crippen LogP contribution is -2.45. The molecule has 0 aliphatic carbocycles. The van der Waals surface area contributed by atoms with E-state index in [0.29, 0.717) is 32.7 Å². The standard InChI is InChI=1S/C11H17NO4/c13-10(9-3-5-16-7-9)12-4-1-2-8(6-12)11(14)15/h8-9H,1-7H2,(H,14,15). The van der Waals surface area contributed by atoms with E-state index in [1.54, 1.807) is 4.90 Å². The predicted molar refractivity (Wildman–Crippen MR) is 55.9 cm³/mol. The molecule has 5 nitrogen and oxygen atoms in total. The van der Waals surface area contributed by atoms with E-state index >= 15 is 0 Å². The van der Waals surface area contributed by atoms with Crippen LogP contribution in [0.5, 0.6) is 0 Å². The summed E-state index contributed by atoms with van der Waals surface area (Å²) >= 11 is 0. The lowest BCUT2D eigenvalue weighted by molar-refractivity contribution is -0.146. The molecule has 0 bridgehead atoms. The molecule has 2 atom stereocenters. The molecule has 1 N–H and O–H groups in total. The van der Waals surface area contributed by atoms with Crippen molar-refractivity contribution < 1.29 is 19.4 Å². The van der Waals surface area contributed by atoms with Crippen LogP contribution in [0.15, 0.2) is 0 Å². The minimum atomic E-state index is -0.792. The third kappa shape index (κ3) is 2.35. The summed E-state index contributed by atoms with van der Waals surface area (Å²) in [4.78, 5) is 24.6. The number of rotatable bonds is 2. The zero-order valence-corrected chi connectivity index (χ0v) is 9.22. The Morgan fingerprint density at radius 2 is 2.06 bits per heavy atom. The van der Waals surface area contributed by atoms with Gasteiger partial charge < -0.3 is 14.7 Å². The van der Waals surface area contributed by atoms with Crippen LogP contribution in [0.25, 0.3) is 0 Å². The van der Waals surface area contributed by atoms with Gasteiger partial charge in [-0.25, -0.2) is 0 Å². The van der Waals surface area contributed by atoms with Crippen LogP contribution in [0.2, 0.25) is 0 Å². The van der Waals surface area contributed by atoms with E-state index in [-0.39, 0.29) is 17.7 Å². The molecule has 16 heavy (non-hydrogen) atoms. The van der Waals surface area contributed by atoms with E-state index in [0.717, 1.165) is 12.8 Å². The van der Waals surface area contributed by atoms with Gasteiger partial charge in [0.2, 0.25) is 5.91 Å². The molecule has 2 unspecified atom stereocenters. The molecule has 0 saturated carbocycles. The molecule has 0 spiro atoms. The highest BCUT2D eigenvalue weighted by molar-refractivity contribution is 5.80. The molecule has 0 radical (unpaired) electrons. The number of carboxylic acids is 1. The van der Waals surface area contributed by atoms with Crippen molar-refractivity contribution in [2.45, 2.75) is 19.3 Å². The second-order valence-corrected chi connectivity index (χ2v) is 4.52. The lowest BCUT2D eigenvalue weighted by atomic mass is 9.96. The van der Waals surface area contributed by atoms with Crippen LogP contribution in [0, 0.1) is 11.8 Å². The summed E-state index contributed by atoms with van der Waals surface area (Å²) in [7, 11) is 0. The second kappa shape index (κ2) is 4.82. The Morgan fingerprint density at radius 3 is 2.69 bits per heavy atom. The number of carbonyl (C=O) groups is 2. The van der Waals surface area contributed by atoms with Gasteiger partial charge in [-0.15, -0.1) is 0 Å². The van der Waals surface area contributed by atoms with Gasteiger partial charge in [0.1, 0.15) is 0 Å². The van der Waals surface area contributed by atoms with Gasteiger partial charge in [-0.3, -0.25) is 9.59 Å². The van der Waals surface area contributed by atoms with Gasteiger partial charge in [0.25, 0.3) is 0 Å². The fourth-order valence-corrected chi connectivity index (χ4v) is 2.37. The van der Waals surface area contributed by atoms with Gasteiger partial charge in [-0.1, -0.05) is 0 Å². The highest BCUT2D eigenvalue weighted by Crippen LogP contribution is 2.21. The van der Waals surface area contributed by atoms with Gasteiger partial charge in [0.15, 0.2) is 0 Å². The Hall–Kier alpha value is -1.10. The Bertz CT molecular complexity index is 286. The Morgan fingerprint density at radius 1 is 1.25 bits per heavy atom. The van der Waals surface area contributed by atoms with Gasteiger partial charge >= 0.3 is 5.97 Å². The molecule has 0 aromatic heterocycles. The van der Waals surface area contributed by atoms with Crippen LogP contribution >= 0.6 is 0 Å². The van der Waals surface area contributed by atoms with Crippen molar-refractivity contribution in [2.75, 3.05) is 26.3 Å². The first kappa shape index (κ1) is 11.4. The highest BCUT2D eigenvalue weighted by Gasteiger charge is 2.33. The summed E-state index contributed by atoms with van der Waals surface area (Å²) in [6.45, 7) is 2.20. The average Bonchev–Trinajstić information content (AvgIpc) is 2.81. The fraction of sp³-hybridized carbons (Fsp3) is 0.818. The molecule has 2 saturated heterocycles. The zero-order chi connectivity index (χ0) is 11.5. The van der Waals surface area contributed by atoms with Crippen molar-refractivity contribution in [1.29, 1.82) is 0 Å². The minimum absolute atomic E-state index is 0.0486. The van der Waals surface area contributed by atoms with Gasteiger partial charge in [-0.05, 0) is 19.3 Å². The number of piperidine rings is 1. The van der Waals surface area contributed by atoms with Crippen LogP contribution in [-0.2, 0) is 14.3 Å². The fourth-order valence-electron chi connectivity index (χ4n) is 2.37. The molecule has 1 amide bonds. The smallest absolute Gasteiger partial charge is 0.308 e. The number of ether oxygens (including phenoxy) is 1. The van der Waals surface area contributed by atoms with Crippen LogP contribution in [0.4, 0.5) is 0 Å². The second-order valence-electron chi connectivity index (χ2n) is 4.52. The zero-order valence-electron chi connectivity index (χ0n) is 9.22. The topological polar surface area (TPSA) is 66.8 Å². The average molecular weight is 227 g/mol. The monoisotopic (exact) mass is 227 g/mol. The molecular weight excluding hydrogens is 210 g/mol. The maximum Gasteiger partial charge on any atom is 0.308 e. The summed E-state index contributed by atoms with van der Waals surface area (Å²) < 4.78 is 5.18. The number of amides is 1.